The van der Waals surface area contributed by atoms with Crippen LogP contribution >= 0.6 is 23.2 Å². The summed E-state index contributed by atoms with van der Waals surface area (Å²) >= 11 is 12.2. The van der Waals surface area contributed by atoms with E-state index in [0.717, 1.165) is 5.56 Å². The summed E-state index contributed by atoms with van der Waals surface area (Å²) in [5, 5.41) is 6.37. The fourth-order valence-corrected chi connectivity index (χ4v) is 3.45. The van der Waals surface area contributed by atoms with Crippen LogP contribution in [0.2, 0.25) is 10.0 Å². The van der Waals surface area contributed by atoms with Crippen molar-refractivity contribution in [3.63, 3.8) is 0 Å². The van der Waals surface area contributed by atoms with E-state index in [-0.39, 0.29) is 35.8 Å². The zero-order valence-electron chi connectivity index (χ0n) is 18.3. The number of hydrogen-bond donors (Lipinski definition) is 2. The Morgan fingerprint density at radius 3 is 2.25 bits per heavy atom. The number of ether oxygens (including phenoxy) is 1. The molecule has 2 N–H and O–H groups in total. The summed E-state index contributed by atoms with van der Waals surface area (Å²) < 4.78 is 5.52. The lowest BCUT2D eigenvalue weighted by Crippen LogP contribution is -2.34. The van der Waals surface area contributed by atoms with E-state index in [0.29, 0.717) is 29.5 Å². The molecule has 0 aliphatic rings. The van der Waals surface area contributed by atoms with E-state index in [9.17, 15) is 14.4 Å². The van der Waals surface area contributed by atoms with Crippen molar-refractivity contribution < 1.29 is 19.1 Å². The van der Waals surface area contributed by atoms with Crippen LogP contribution in [0.1, 0.15) is 38.8 Å². The molecule has 1 atom stereocenters. The predicted molar refractivity (Wildman–Crippen MR) is 126 cm³/mol. The zero-order chi connectivity index (χ0) is 23.7. The van der Waals surface area contributed by atoms with Crippen molar-refractivity contribution in [3.8, 4) is 5.75 Å². The number of nitrogens with one attached hydrogen (secondary N) is 2. The first-order valence-corrected chi connectivity index (χ1v) is 11.0. The van der Waals surface area contributed by atoms with Crippen LogP contribution in [0.15, 0.2) is 42.5 Å². The molecule has 0 fully saturated rings. The van der Waals surface area contributed by atoms with Crippen LogP contribution in [-0.2, 0) is 14.4 Å². The molecule has 7 nitrogen and oxygen atoms in total. The normalized spacial score (nSPS) is 11.4. The van der Waals surface area contributed by atoms with E-state index in [1.54, 1.807) is 47.4 Å². The lowest BCUT2D eigenvalue weighted by molar-refractivity contribution is -0.133. The zero-order valence-corrected chi connectivity index (χ0v) is 19.8. The number of hydrogen-bond acceptors (Lipinski definition) is 4. The number of carbonyl (C=O) groups is 3. The first-order valence-electron chi connectivity index (χ1n) is 10.3. The van der Waals surface area contributed by atoms with Gasteiger partial charge in [0.25, 0.3) is 5.91 Å². The fraction of sp³-hybridized carbons (Fsp3) is 0.348. The highest BCUT2D eigenvalue weighted by molar-refractivity contribution is 6.32. The molecule has 172 valence electrons. The van der Waals surface area contributed by atoms with Gasteiger partial charge in [-0.05, 0) is 49.7 Å². The highest BCUT2D eigenvalue weighted by Gasteiger charge is 2.18. The molecule has 0 aliphatic heterocycles. The topological polar surface area (TPSA) is 87.7 Å². The van der Waals surface area contributed by atoms with Crippen molar-refractivity contribution in [2.24, 2.45) is 0 Å². The minimum absolute atomic E-state index is 0.0233. The second-order valence-electron chi connectivity index (χ2n) is 7.06. The summed E-state index contributed by atoms with van der Waals surface area (Å²) in [6.07, 6.45) is 0.0233. The van der Waals surface area contributed by atoms with Crippen LogP contribution in [0.25, 0.3) is 0 Å². The number of likely N-dealkylation sites (N-methyl/N-ethyl adjacent to an activating group) is 1. The molecule has 0 aliphatic carbocycles. The Morgan fingerprint density at radius 2 is 1.69 bits per heavy atom. The third-order valence-corrected chi connectivity index (χ3v) is 5.27. The molecule has 1 unspecified atom stereocenters. The average Bonchev–Trinajstić information content (AvgIpc) is 2.73. The number of halogens is 2. The third kappa shape index (κ3) is 7.73. The van der Waals surface area contributed by atoms with Crippen LogP contribution in [0.4, 0.5) is 5.69 Å². The van der Waals surface area contributed by atoms with Gasteiger partial charge in [-0.2, -0.15) is 0 Å². The van der Waals surface area contributed by atoms with Crippen molar-refractivity contribution in [1.29, 1.82) is 0 Å². The molecule has 0 bridgehead atoms. The minimum Gasteiger partial charge on any atom is -0.482 e. The van der Waals surface area contributed by atoms with Crippen molar-refractivity contribution in [2.75, 3.05) is 25.0 Å². The smallest absolute Gasteiger partial charge is 0.260 e. The number of amides is 3. The second kappa shape index (κ2) is 12.3. The van der Waals surface area contributed by atoms with Gasteiger partial charge in [-0.1, -0.05) is 35.3 Å². The Kier molecular flexibility index (Phi) is 9.81. The van der Waals surface area contributed by atoms with Gasteiger partial charge in [0.2, 0.25) is 11.8 Å². The standard InChI is InChI=1S/C23H27Cl2N3O4/c1-4-28(5-2)23(31)14-32-21-11-10-18(12-19(21)25)27-22(30)13-20(26-15(3)29)16-6-8-17(24)9-7-16/h6-12,20H,4-5,13-14H2,1-3H3,(H,26,29)(H,27,30). The Labute approximate surface area is 198 Å². The van der Waals surface area contributed by atoms with Crippen molar-refractivity contribution in [1.82, 2.24) is 10.2 Å². The maximum absolute atomic E-state index is 12.6. The summed E-state index contributed by atoms with van der Waals surface area (Å²) in [5.74, 6) is -0.334. The van der Waals surface area contributed by atoms with E-state index in [1.165, 1.54) is 6.92 Å². The van der Waals surface area contributed by atoms with Gasteiger partial charge in [-0.3, -0.25) is 14.4 Å². The van der Waals surface area contributed by atoms with Gasteiger partial charge >= 0.3 is 0 Å². The molecule has 2 aromatic rings. The fourth-order valence-electron chi connectivity index (χ4n) is 3.09. The molecule has 2 aromatic carbocycles. The Balaban J connectivity index is 2.01. The van der Waals surface area contributed by atoms with E-state index >= 15 is 0 Å². The predicted octanol–water partition coefficient (Wildman–Crippen LogP) is 4.45. The molecule has 0 heterocycles. The molecular weight excluding hydrogens is 453 g/mol. The Morgan fingerprint density at radius 1 is 1.03 bits per heavy atom. The monoisotopic (exact) mass is 479 g/mol. The van der Waals surface area contributed by atoms with Gasteiger partial charge in [0.1, 0.15) is 5.75 Å². The summed E-state index contributed by atoms with van der Waals surface area (Å²) in [4.78, 5) is 37.9. The molecular formula is C23H27Cl2N3O4. The van der Waals surface area contributed by atoms with E-state index < -0.39 is 6.04 Å². The van der Waals surface area contributed by atoms with Gasteiger partial charge in [-0.25, -0.2) is 0 Å². The number of carbonyl (C=O) groups excluding carboxylic acids is 3. The number of benzene rings is 2. The van der Waals surface area contributed by atoms with E-state index in [4.69, 9.17) is 27.9 Å². The molecule has 3 amide bonds. The molecule has 0 spiro atoms. The molecule has 9 heteroatoms. The maximum atomic E-state index is 12.6. The van der Waals surface area contributed by atoms with E-state index in [1.807, 2.05) is 13.8 Å². The summed E-state index contributed by atoms with van der Waals surface area (Å²) in [6, 6.07) is 11.2. The summed E-state index contributed by atoms with van der Waals surface area (Å²) in [6.45, 7) is 6.28. The lowest BCUT2D eigenvalue weighted by Gasteiger charge is -2.19. The van der Waals surface area contributed by atoms with Crippen LogP contribution in [0.3, 0.4) is 0 Å². The largest absolute Gasteiger partial charge is 0.482 e. The minimum atomic E-state index is -0.506. The SMILES string of the molecule is CCN(CC)C(=O)COc1ccc(NC(=O)CC(NC(C)=O)c2ccc(Cl)cc2)cc1Cl. The first kappa shape index (κ1) is 25.5. The Hall–Kier alpha value is -2.77. The molecule has 32 heavy (non-hydrogen) atoms. The molecule has 0 radical (unpaired) electrons. The van der Waals surface area contributed by atoms with Gasteiger partial charge in [-0.15, -0.1) is 0 Å². The third-order valence-electron chi connectivity index (χ3n) is 4.72. The summed E-state index contributed by atoms with van der Waals surface area (Å²) in [7, 11) is 0. The van der Waals surface area contributed by atoms with Crippen LogP contribution in [0, 0.1) is 0 Å². The average molecular weight is 480 g/mol. The van der Waals surface area contributed by atoms with Crippen molar-refractivity contribution >= 4 is 46.6 Å². The molecule has 0 saturated heterocycles. The quantitative estimate of drug-likeness (QED) is 0.526. The number of rotatable bonds is 10. The molecule has 0 saturated carbocycles. The number of nitrogens with zero attached hydrogens (tertiary/aromatic N) is 1. The van der Waals surface area contributed by atoms with Crippen LogP contribution < -0.4 is 15.4 Å². The van der Waals surface area contributed by atoms with Crippen molar-refractivity contribution in [3.05, 3.63) is 58.1 Å². The maximum Gasteiger partial charge on any atom is 0.260 e. The lowest BCUT2D eigenvalue weighted by atomic mass is 10.0. The highest BCUT2D eigenvalue weighted by atomic mass is 35.5. The summed E-state index contributed by atoms with van der Waals surface area (Å²) in [5.41, 5.74) is 1.24. The van der Waals surface area contributed by atoms with Crippen LogP contribution in [-0.4, -0.2) is 42.3 Å². The van der Waals surface area contributed by atoms with Crippen LogP contribution in [0.5, 0.6) is 5.75 Å². The van der Waals surface area contributed by atoms with Gasteiger partial charge in [0, 0.05) is 30.7 Å². The van der Waals surface area contributed by atoms with Gasteiger partial charge < -0.3 is 20.3 Å². The highest BCUT2D eigenvalue weighted by Crippen LogP contribution is 2.28. The molecule has 2 rings (SSSR count). The van der Waals surface area contributed by atoms with E-state index in [2.05, 4.69) is 10.6 Å². The Bertz CT molecular complexity index is 947. The van der Waals surface area contributed by atoms with Gasteiger partial charge in [0.05, 0.1) is 17.5 Å². The number of anilines is 1. The van der Waals surface area contributed by atoms with Crippen molar-refractivity contribution in [2.45, 2.75) is 33.2 Å². The second-order valence-corrected chi connectivity index (χ2v) is 7.90. The first-order chi connectivity index (χ1) is 15.2. The van der Waals surface area contributed by atoms with Gasteiger partial charge in [0.15, 0.2) is 6.61 Å². The molecule has 0 aromatic heterocycles.